The summed E-state index contributed by atoms with van der Waals surface area (Å²) in [5.74, 6) is 11.5. The van der Waals surface area contributed by atoms with E-state index in [1.54, 1.807) is 11.9 Å². The van der Waals surface area contributed by atoms with Gasteiger partial charge in [0.25, 0.3) is 0 Å². The monoisotopic (exact) mass is 526 g/mol. The average molecular weight is 527 g/mol. The number of hydrogen-bond acceptors (Lipinski definition) is 5. The number of hydrazone groups is 1. The number of nitrogens with one attached hydrogen (secondary N) is 1. The summed E-state index contributed by atoms with van der Waals surface area (Å²) < 4.78 is 0. The first-order chi connectivity index (χ1) is 18.5. The fraction of sp³-hybridized carbons (Fsp3) is 0.548. The van der Waals surface area contributed by atoms with Gasteiger partial charge in [0.1, 0.15) is 0 Å². The third kappa shape index (κ3) is 12.6. The predicted molar refractivity (Wildman–Crippen MR) is 165 cm³/mol. The fourth-order valence-corrected chi connectivity index (χ4v) is 4.12. The van der Waals surface area contributed by atoms with Gasteiger partial charge in [0.2, 0.25) is 5.91 Å². The standard InChI is InChI=1S/C27H42N6O.2C2H6/c1-3-4-5-8-21-10-15-23(16-11-21)24-17-12-22(13-18-24)14-19-26(34)33(2)25(9-6-7-20-28)27(31-29)32-30;2*1-2/h10-13,15-18,25H,3-9,14,19-20,28-30H2,1-2H3,(H,31,32);2*1-2H3/t25-;;/m0../s1. The minimum Gasteiger partial charge on any atom is -0.335 e. The summed E-state index contributed by atoms with van der Waals surface area (Å²) in [6.07, 6.45) is 8.41. The zero-order valence-electron chi connectivity index (χ0n) is 24.8. The first-order valence-corrected chi connectivity index (χ1v) is 14.4. The molecule has 0 aliphatic carbocycles. The van der Waals surface area contributed by atoms with Gasteiger partial charge in [0.15, 0.2) is 5.84 Å². The van der Waals surface area contributed by atoms with Gasteiger partial charge in [-0.2, -0.15) is 5.10 Å². The number of hydrogen-bond donors (Lipinski definition) is 4. The Labute approximate surface area is 232 Å². The smallest absolute Gasteiger partial charge is 0.223 e. The molecule has 7 N–H and O–H groups in total. The van der Waals surface area contributed by atoms with Crippen molar-refractivity contribution >= 4 is 11.7 Å². The lowest BCUT2D eigenvalue weighted by Crippen LogP contribution is -2.50. The van der Waals surface area contributed by atoms with Gasteiger partial charge in [-0.3, -0.25) is 4.79 Å². The molecule has 2 aromatic carbocycles. The molecular weight excluding hydrogens is 472 g/mol. The van der Waals surface area contributed by atoms with Crippen LogP contribution in [-0.2, 0) is 17.6 Å². The van der Waals surface area contributed by atoms with Crippen molar-refractivity contribution in [2.75, 3.05) is 13.6 Å². The van der Waals surface area contributed by atoms with E-state index in [4.69, 9.17) is 17.4 Å². The number of aryl methyl sites for hydroxylation is 2. The van der Waals surface area contributed by atoms with E-state index < -0.39 is 0 Å². The van der Waals surface area contributed by atoms with Crippen LogP contribution in [0.15, 0.2) is 53.6 Å². The third-order valence-electron chi connectivity index (χ3n) is 6.33. The summed E-state index contributed by atoms with van der Waals surface area (Å²) in [4.78, 5) is 14.6. The van der Waals surface area contributed by atoms with E-state index >= 15 is 0 Å². The molecule has 1 amide bonds. The van der Waals surface area contributed by atoms with Gasteiger partial charge in [-0.15, -0.1) is 0 Å². The molecule has 0 aliphatic rings. The van der Waals surface area contributed by atoms with Crippen molar-refractivity contribution in [2.24, 2.45) is 22.5 Å². The lowest BCUT2D eigenvalue weighted by molar-refractivity contribution is -0.130. The Morgan fingerprint density at radius 2 is 1.39 bits per heavy atom. The van der Waals surface area contributed by atoms with Crippen molar-refractivity contribution in [3.05, 3.63) is 59.7 Å². The van der Waals surface area contributed by atoms with Crippen molar-refractivity contribution in [3.63, 3.8) is 0 Å². The second-order valence-electron chi connectivity index (χ2n) is 8.81. The van der Waals surface area contributed by atoms with E-state index in [1.807, 2.05) is 27.7 Å². The highest BCUT2D eigenvalue weighted by molar-refractivity contribution is 5.90. The van der Waals surface area contributed by atoms with Crippen LogP contribution in [-0.4, -0.2) is 36.3 Å². The van der Waals surface area contributed by atoms with Gasteiger partial charge < -0.3 is 21.9 Å². The van der Waals surface area contributed by atoms with Crippen LogP contribution >= 0.6 is 0 Å². The normalized spacial score (nSPS) is 11.4. The second-order valence-corrected chi connectivity index (χ2v) is 8.81. The lowest BCUT2D eigenvalue weighted by atomic mass is 9.99. The highest BCUT2D eigenvalue weighted by Gasteiger charge is 2.24. The van der Waals surface area contributed by atoms with Crippen LogP contribution in [0.2, 0.25) is 0 Å². The molecular formula is C31H54N6O. The van der Waals surface area contributed by atoms with E-state index in [2.05, 4.69) is 66.0 Å². The van der Waals surface area contributed by atoms with Gasteiger partial charge in [-0.1, -0.05) is 96.0 Å². The molecule has 0 unspecified atom stereocenters. The summed E-state index contributed by atoms with van der Waals surface area (Å²) in [5.41, 5.74) is 13.1. The molecule has 2 rings (SSSR count). The van der Waals surface area contributed by atoms with E-state index in [0.717, 1.165) is 24.8 Å². The molecule has 2 aromatic rings. The van der Waals surface area contributed by atoms with Crippen LogP contribution < -0.4 is 22.8 Å². The Morgan fingerprint density at radius 3 is 1.84 bits per heavy atom. The van der Waals surface area contributed by atoms with Gasteiger partial charge >= 0.3 is 0 Å². The number of amides is 1. The predicted octanol–water partition coefficient (Wildman–Crippen LogP) is 5.76. The molecule has 38 heavy (non-hydrogen) atoms. The van der Waals surface area contributed by atoms with Crippen LogP contribution in [0.4, 0.5) is 0 Å². The summed E-state index contributed by atoms with van der Waals surface area (Å²) in [7, 11) is 1.77. The molecule has 1 atom stereocenters. The minimum atomic E-state index is -0.290. The largest absolute Gasteiger partial charge is 0.335 e. The lowest BCUT2D eigenvalue weighted by Gasteiger charge is -2.29. The van der Waals surface area contributed by atoms with Gasteiger partial charge in [0.05, 0.1) is 6.04 Å². The number of hydrazine groups is 1. The highest BCUT2D eigenvalue weighted by Crippen LogP contribution is 2.22. The molecule has 0 saturated carbocycles. The van der Waals surface area contributed by atoms with Crippen molar-refractivity contribution < 1.29 is 4.79 Å². The fourth-order valence-electron chi connectivity index (χ4n) is 4.12. The molecule has 0 aromatic heterocycles. The van der Waals surface area contributed by atoms with Crippen LogP contribution in [0, 0.1) is 0 Å². The molecule has 0 radical (unpaired) electrons. The number of carbonyl (C=O) groups is 1. The molecule has 0 fully saturated rings. The molecule has 0 saturated heterocycles. The molecule has 0 spiro atoms. The van der Waals surface area contributed by atoms with E-state index in [9.17, 15) is 4.79 Å². The number of likely N-dealkylation sites (N-methyl/N-ethyl adjacent to an activating group) is 1. The third-order valence-corrected chi connectivity index (χ3v) is 6.33. The zero-order valence-corrected chi connectivity index (χ0v) is 24.8. The number of carbonyl (C=O) groups excluding carboxylic acids is 1. The molecule has 0 aliphatic heterocycles. The van der Waals surface area contributed by atoms with Crippen LogP contribution in [0.1, 0.15) is 90.7 Å². The maximum Gasteiger partial charge on any atom is 0.223 e. The number of benzene rings is 2. The average Bonchev–Trinajstić information content (AvgIpc) is 2.98. The van der Waals surface area contributed by atoms with Crippen molar-refractivity contribution in [1.29, 1.82) is 0 Å². The van der Waals surface area contributed by atoms with Gasteiger partial charge in [-0.05, 0) is 67.3 Å². The SMILES string of the molecule is CC.CC.CCCCCc1ccc(-c2ccc(CCC(=O)N(C)[C@@H](CCCCN)/C(=N/N)NN)cc2)cc1. The van der Waals surface area contributed by atoms with E-state index in [0.29, 0.717) is 31.6 Å². The van der Waals surface area contributed by atoms with E-state index in [-0.39, 0.29) is 11.9 Å². The van der Waals surface area contributed by atoms with Crippen molar-refractivity contribution in [1.82, 2.24) is 10.3 Å². The van der Waals surface area contributed by atoms with Crippen LogP contribution in [0.3, 0.4) is 0 Å². The first kappa shape index (κ1) is 35.1. The Morgan fingerprint density at radius 1 is 0.868 bits per heavy atom. The van der Waals surface area contributed by atoms with Crippen molar-refractivity contribution in [2.45, 2.75) is 98.4 Å². The first-order valence-electron chi connectivity index (χ1n) is 14.4. The van der Waals surface area contributed by atoms with Crippen molar-refractivity contribution in [3.8, 4) is 11.1 Å². The number of nitrogens with zero attached hydrogens (tertiary/aromatic N) is 2. The minimum absolute atomic E-state index is 0.0249. The van der Waals surface area contributed by atoms with Gasteiger partial charge in [0, 0.05) is 13.5 Å². The summed E-state index contributed by atoms with van der Waals surface area (Å²) in [5, 5.41) is 3.73. The summed E-state index contributed by atoms with van der Waals surface area (Å²) in [6.45, 7) is 10.8. The maximum absolute atomic E-state index is 12.9. The van der Waals surface area contributed by atoms with Crippen LogP contribution in [0.5, 0.6) is 0 Å². The topological polar surface area (TPSA) is 123 Å². The Balaban J connectivity index is 0.00000326. The molecule has 7 nitrogen and oxygen atoms in total. The second kappa shape index (κ2) is 22.1. The summed E-state index contributed by atoms with van der Waals surface area (Å²) in [6, 6.07) is 17.0. The maximum atomic E-state index is 12.9. The quantitative estimate of drug-likeness (QED) is 0.0819. The number of rotatable bonds is 14. The Bertz CT molecular complexity index is 880. The molecule has 0 bridgehead atoms. The number of nitrogens with two attached hydrogens (primary N) is 3. The molecule has 0 heterocycles. The van der Waals surface area contributed by atoms with Crippen LogP contribution in [0.25, 0.3) is 11.1 Å². The Kier molecular flexibility index (Phi) is 20.4. The molecule has 7 heteroatoms. The number of amidine groups is 1. The Hall–Kier alpha value is -2.90. The highest BCUT2D eigenvalue weighted by atomic mass is 16.2. The zero-order chi connectivity index (χ0) is 28.8. The summed E-state index contributed by atoms with van der Waals surface area (Å²) >= 11 is 0. The number of unbranched alkanes of at least 4 members (excludes halogenated alkanes) is 3. The molecule has 214 valence electrons. The van der Waals surface area contributed by atoms with E-state index in [1.165, 1.54) is 36.0 Å². The van der Waals surface area contributed by atoms with Gasteiger partial charge in [-0.25, -0.2) is 5.84 Å².